The molecular formula is C42H62O17. The number of aliphatic carboxylic acids is 3. The second-order valence-corrected chi connectivity index (χ2v) is 20.5. The number of carbonyl (C=O) groups is 4. The molecule has 17 nitrogen and oxygen atoms in total. The number of fused-ring (bicyclic) bond motifs is 7. The maximum Gasteiger partial charge on any atom is 0.335 e. The van der Waals surface area contributed by atoms with E-state index in [-0.39, 0.29) is 29.5 Å². The molecule has 0 unspecified atom stereocenters. The van der Waals surface area contributed by atoms with Crippen LogP contribution < -0.4 is 0 Å². The highest BCUT2D eigenvalue weighted by Gasteiger charge is 2.71. The van der Waals surface area contributed by atoms with Crippen molar-refractivity contribution in [2.45, 2.75) is 167 Å². The van der Waals surface area contributed by atoms with E-state index in [0.717, 1.165) is 24.8 Å². The van der Waals surface area contributed by atoms with Gasteiger partial charge in [0.1, 0.15) is 36.6 Å². The first kappa shape index (κ1) is 44.5. The number of hydrogen-bond acceptors (Lipinski definition) is 14. The highest BCUT2D eigenvalue weighted by molar-refractivity contribution is 5.95. The predicted octanol–water partition coefficient (Wildman–Crippen LogP) is 1.22. The number of allylic oxidation sites excluding steroid dienone is 2. The van der Waals surface area contributed by atoms with Gasteiger partial charge in [-0.05, 0) is 104 Å². The zero-order valence-corrected chi connectivity index (χ0v) is 34.5. The van der Waals surface area contributed by atoms with Gasteiger partial charge in [0.25, 0.3) is 0 Å². The lowest BCUT2D eigenvalue weighted by molar-refractivity contribution is -0.372. The quantitative estimate of drug-likeness (QED) is 0.155. The third-order valence-corrected chi connectivity index (χ3v) is 17.4. The summed E-state index contributed by atoms with van der Waals surface area (Å²) < 4.78 is 23.2. The van der Waals surface area contributed by atoms with Gasteiger partial charge in [0.05, 0.1) is 18.1 Å². The monoisotopic (exact) mass is 838 g/mol. The lowest BCUT2D eigenvalue weighted by Gasteiger charge is -2.70. The summed E-state index contributed by atoms with van der Waals surface area (Å²) >= 11 is 0. The van der Waals surface area contributed by atoms with Gasteiger partial charge in [-0.3, -0.25) is 9.59 Å². The van der Waals surface area contributed by atoms with Gasteiger partial charge in [0.2, 0.25) is 0 Å². The summed E-state index contributed by atoms with van der Waals surface area (Å²) in [7, 11) is 0. The molecule has 4 saturated carbocycles. The lowest BCUT2D eigenvalue weighted by Crippen LogP contribution is -2.69. The van der Waals surface area contributed by atoms with Crippen molar-refractivity contribution in [3.8, 4) is 0 Å². The Morgan fingerprint density at radius 3 is 1.92 bits per heavy atom. The number of aliphatic hydroxyl groups excluding tert-OH is 6. The van der Waals surface area contributed by atoms with Gasteiger partial charge < -0.3 is 64.9 Å². The van der Waals surface area contributed by atoms with Gasteiger partial charge in [-0.25, -0.2) is 9.59 Å². The average Bonchev–Trinajstić information content (AvgIpc) is 3.16. The number of hydrogen-bond donors (Lipinski definition) is 9. The van der Waals surface area contributed by atoms with Crippen molar-refractivity contribution in [1.29, 1.82) is 0 Å². The highest BCUT2D eigenvalue weighted by Crippen LogP contribution is 2.75. The molecule has 2 aliphatic heterocycles. The highest BCUT2D eigenvalue weighted by atomic mass is 16.8. The maximum absolute atomic E-state index is 14.9. The zero-order chi connectivity index (χ0) is 43.6. The number of rotatable bonds is 8. The van der Waals surface area contributed by atoms with Crippen LogP contribution in [0, 0.1) is 50.2 Å². The van der Waals surface area contributed by atoms with E-state index >= 15 is 0 Å². The Morgan fingerprint density at radius 2 is 1.32 bits per heavy atom. The molecule has 0 bridgehead atoms. The number of ether oxygens (including phenoxy) is 4. The van der Waals surface area contributed by atoms with E-state index in [1.807, 2.05) is 19.9 Å². The molecule has 20 atom stereocenters. The third-order valence-electron chi connectivity index (χ3n) is 17.4. The predicted molar refractivity (Wildman–Crippen MR) is 201 cm³/mol. The first-order valence-corrected chi connectivity index (χ1v) is 20.9. The van der Waals surface area contributed by atoms with Crippen LogP contribution in [0.2, 0.25) is 0 Å². The molecule has 7 rings (SSSR count). The molecule has 0 aromatic carbocycles. The third kappa shape index (κ3) is 6.46. The van der Waals surface area contributed by atoms with E-state index in [4.69, 9.17) is 18.9 Å². The molecule has 5 aliphatic carbocycles. The number of ketones is 1. The molecule has 0 aromatic rings. The van der Waals surface area contributed by atoms with Gasteiger partial charge in [-0.15, -0.1) is 0 Å². The molecule has 7 aliphatic rings. The summed E-state index contributed by atoms with van der Waals surface area (Å²) in [4.78, 5) is 51.4. The fourth-order valence-electron chi connectivity index (χ4n) is 13.4. The van der Waals surface area contributed by atoms with Crippen molar-refractivity contribution in [3.05, 3.63) is 11.6 Å². The van der Waals surface area contributed by atoms with E-state index in [2.05, 4.69) is 27.7 Å². The second-order valence-electron chi connectivity index (χ2n) is 20.5. The Hall–Kier alpha value is -2.58. The Kier molecular flexibility index (Phi) is 11.1. The van der Waals surface area contributed by atoms with Crippen LogP contribution in [0.15, 0.2) is 11.6 Å². The van der Waals surface area contributed by atoms with E-state index in [0.29, 0.717) is 32.1 Å². The van der Waals surface area contributed by atoms with Gasteiger partial charge in [-0.2, -0.15) is 0 Å². The molecule has 2 saturated heterocycles. The van der Waals surface area contributed by atoms with Gasteiger partial charge in [0.15, 0.2) is 30.6 Å². The zero-order valence-electron chi connectivity index (χ0n) is 34.5. The van der Waals surface area contributed by atoms with E-state index in [1.54, 1.807) is 0 Å². The molecule has 0 spiro atoms. The summed E-state index contributed by atoms with van der Waals surface area (Å²) in [5.74, 6) is -5.02. The van der Waals surface area contributed by atoms with Crippen molar-refractivity contribution in [3.63, 3.8) is 0 Å². The van der Waals surface area contributed by atoms with Crippen LogP contribution in [0.3, 0.4) is 0 Å². The Labute approximate surface area is 342 Å². The summed E-state index contributed by atoms with van der Waals surface area (Å²) in [6.07, 6.45) is -13.8. The molecular weight excluding hydrogens is 776 g/mol. The number of carbonyl (C=O) groups excluding carboxylic acids is 1. The first-order valence-electron chi connectivity index (χ1n) is 20.9. The molecule has 332 valence electrons. The standard InChI is InChI=1S/C42H62O17/c1-37-11-12-38(2,36(54)55)16-19(37)18-15-20(44)31-39(3)9-8-22(40(4,17-43)21(39)7-10-42(31,6)41(18,5)14-13-37)56-35-30(26(48)25(47)29(58-35)33(52)53)59-34-27(49)23(45)24(46)28(57-34)32(50)51/h15,19,21-31,34-35,43,45-49H,7-14,16-17H2,1-6H3,(H,50,51)(H,52,53)(H,54,55)/t19-,21+,22-,23-,24-,25-,26-,27+,28-,29-,30+,31+,34+,35-,37+,38-,39-,40+,41-,42+/m0/s1. The van der Waals surface area contributed by atoms with E-state index in [1.165, 1.54) is 0 Å². The van der Waals surface area contributed by atoms with Crippen LogP contribution in [0.1, 0.15) is 99.3 Å². The van der Waals surface area contributed by atoms with Gasteiger partial charge in [0, 0.05) is 11.3 Å². The van der Waals surface area contributed by atoms with Crippen LogP contribution in [-0.4, -0.2) is 144 Å². The summed E-state index contributed by atoms with van der Waals surface area (Å²) in [5.41, 5.74) is -2.63. The first-order chi connectivity index (χ1) is 27.3. The topological polar surface area (TPSA) is 287 Å². The van der Waals surface area contributed by atoms with Crippen molar-refractivity contribution in [1.82, 2.24) is 0 Å². The minimum absolute atomic E-state index is 0.0119. The molecule has 17 heteroatoms. The second kappa shape index (κ2) is 14.8. The van der Waals surface area contributed by atoms with Crippen molar-refractivity contribution >= 4 is 23.7 Å². The average molecular weight is 839 g/mol. The van der Waals surface area contributed by atoms with E-state index < -0.39 is 125 Å². The Morgan fingerprint density at radius 1 is 0.729 bits per heavy atom. The van der Waals surface area contributed by atoms with Crippen LogP contribution in [0.25, 0.3) is 0 Å². The number of aliphatic hydroxyl groups is 6. The smallest absolute Gasteiger partial charge is 0.335 e. The largest absolute Gasteiger partial charge is 0.481 e. The van der Waals surface area contributed by atoms with Crippen LogP contribution >= 0.6 is 0 Å². The van der Waals surface area contributed by atoms with Crippen LogP contribution in [0.4, 0.5) is 0 Å². The lowest BCUT2D eigenvalue weighted by atomic mass is 9.33. The van der Waals surface area contributed by atoms with Crippen LogP contribution in [-0.2, 0) is 38.1 Å². The van der Waals surface area contributed by atoms with E-state index in [9.17, 15) is 65.1 Å². The fraction of sp³-hybridized carbons (Fsp3) is 0.857. The van der Waals surface area contributed by atoms with Crippen molar-refractivity contribution < 1.29 is 84.1 Å². The van der Waals surface area contributed by atoms with Gasteiger partial charge >= 0.3 is 17.9 Å². The molecule has 2 heterocycles. The van der Waals surface area contributed by atoms with Crippen molar-refractivity contribution in [2.24, 2.45) is 50.2 Å². The van der Waals surface area contributed by atoms with Crippen LogP contribution in [0.5, 0.6) is 0 Å². The molecule has 9 N–H and O–H groups in total. The molecule has 0 radical (unpaired) electrons. The number of carboxylic acid groups (broad SMARTS) is 3. The minimum atomic E-state index is -2.10. The fourth-order valence-corrected chi connectivity index (χ4v) is 13.4. The SMILES string of the molecule is C[C@]1(C(=O)O)CC[C@]2(C)CC[C@@]3(C)C(=CC(=O)[C@@H]4[C@@]5(C)CC[C@H](O[C@H]6O[C@H](C(=O)O)[C@@H](O)[C@H](O)[C@H]6O[C@H]6O[C@H](C(=O)O)[C@@H](O)[C@H](O)[C@H]6O)[C@](C)(CO)[C@@H]5CC[C@]43C)[C@@H]2C1. The Balaban J connectivity index is 1.19. The molecule has 0 amide bonds. The summed E-state index contributed by atoms with van der Waals surface area (Å²) in [5, 5.41) is 94.3. The van der Waals surface area contributed by atoms with Crippen molar-refractivity contribution in [2.75, 3.05) is 6.61 Å². The summed E-state index contributed by atoms with van der Waals surface area (Å²) in [6.45, 7) is 12.0. The normalized spacial score (nSPS) is 53.5. The maximum atomic E-state index is 14.9. The molecule has 6 fully saturated rings. The molecule has 0 aromatic heterocycles. The van der Waals surface area contributed by atoms with Gasteiger partial charge in [-0.1, -0.05) is 40.2 Å². The summed E-state index contributed by atoms with van der Waals surface area (Å²) in [6, 6.07) is 0. The Bertz CT molecular complexity index is 1750. The minimum Gasteiger partial charge on any atom is -0.481 e. The number of carboxylic acids is 3. The molecule has 59 heavy (non-hydrogen) atoms.